The van der Waals surface area contributed by atoms with Gasteiger partial charge in [0, 0.05) is 27.5 Å². The molecule has 1 N–H and O–H groups in total. The Labute approximate surface area is 195 Å². The molecule has 0 saturated heterocycles. The van der Waals surface area contributed by atoms with E-state index in [1.807, 2.05) is 84.9 Å². The van der Waals surface area contributed by atoms with Crippen LogP contribution in [0.4, 0.5) is 11.4 Å². The summed E-state index contributed by atoms with van der Waals surface area (Å²) in [7, 11) is 0. The zero-order chi connectivity index (χ0) is 23.0. The summed E-state index contributed by atoms with van der Waals surface area (Å²) in [6, 6.07) is 33.0. The molecular formula is C27H20N2O3S. The van der Waals surface area contributed by atoms with Crippen LogP contribution in [-0.2, 0) is 4.79 Å². The molecule has 0 heterocycles. The van der Waals surface area contributed by atoms with Gasteiger partial charge in [-0.3, -0.25) is 14.9 Å². The molecule has 0 aliphatic heterocycles. The summed E-state index contributed by atoms with van der Waals surface area (Å²) in [5.74, 6) is -0.297. The molecule has 4 aromatic rings. The molecule has 33 heavy (non-hydrogen) atoms. The number of non-ortho nitro benzene ring substituents is 1. The number of hydrogen-bond acceptors (Lipinski definition) is 4. The monoisotopic (exact) mass is 452 g/mol. The Balaban J connectivity index is 1.68. The molecule has 0 unspecified atom stereocenters. The van der Waals surface area contributed by atoms with Gasteiger partial charge < -0.3 is 5.32 Å². The number of nitrogens with one attached hydrogen (secondary N) is 1. The molecule has 1 amide bonds. The second-order valence-corrected chi connectivity index (χ2v) is 8.26. The molecule has 4 rings (SSSR count). The van der Waals surface area contributed by atoms with Gasteiger partial charge in [0.2, 0.25) is 0 Å². The smallest absolute Gasteiger partial charge is 0.270 e. The number of nitro benzene ring substituents is 1. The fourth-order valence-electron chi connectivity index (χ4n) is 3.26. The first kappa shape index (κ1) is 22.0. The van der Waals surface area contributed by atoms with Gasteiger partial charge in [-0.15, -0.1) is 0 Å². The van der Waals surface area contributed by atoms with Crippen molar-refractivity contribution >= 4 is 40.7 Å². The van der Waals surface area contributed by atoms with Gasteiger partial charge in [-0.25, -0.2) is 0 Å². The summed E-state index contributed by atoms with van der Waals surface area (Å²) >= 11 is 1.56. The van der Waals surface area contributed by atoms with Crippen molar-refractivity contribution in [1.29, 1.82) is 0 Å². The number of nitrogens with zero attached hydrogens (tertiary/aromatic N) is 1. The van der Waals surface area contributed by atoms with Gasteiger partial charge in [0.15, 0.2) is 0 Å². The van der Waals surface area contributed by atoms with Crippen LogP contribution in [0.5, 0.6) is 0 Å². The lowest BCUT2D eigenvalue weighted by molar-refractivity contribution is -0.384. The van der Waals surface area contributed by atoms with Crippen LogP contribution in [0.2, 0.25) is 0 Å². The molecule has 0 radical (unpaired) electrons. The van der Waals surface area contributed by atoms with Crippen LogP contribution in [0.1, 0.15) is 11.1 Å². The van der Waals surface area contributed by atoms with E-state index in [-0.39, 0.29) is 11.6 Å². The highest BCUT2D eigenvalue weighted by Gasteiger charge is 2.15. The largest absolute Gasteiger partial charge is 0.321 e. The Morgan fingerprint density at radius 3 is 2.21 bits per heavy atom. The van der Waals surface area contributed by atoms with E-state index in [1.165, 1.54) is 12.1 Å². The number of amides is 1. The first-order valence-corrected chi connectivity index (χ1v) is 11.1. The molecular weight excluding hydrogens is 432 g/mol. The molecule has 0 aliphatic carbocycles. The second-order valence-electron chi connectivity index (χ2n) is 7.14. The maximum Gasteiger partial charge on any atom is 0.270 e. The van der Waals surface area contributed by atoms with Crippen LogP contribution in [0.15, 0.2) is 119 Å². The molecule has 5 nitrogen and oxygen atoms in total. The Hall–Kier alpha value is -4.16. The predicted octanol–water partition coefficient (Wildman–Crippen LogP) is 6.93. The third kappa shape index (κ3) is 5.75. The second kappa shape index (κ2) is 10.4. The highest BCUT2D eigenvalue weighted by Crippen LogP contribution is 2.34. The first-order chi connectivity index (χ1) is 16.1. The summed E-state index contributed by atoms with van der Waals surface area (Å²) in [5.41, 5.74) is 2.37. The van der Waals surface area contributed by atoms with E-state index >= 15 is 0 Å². The number of nitro groups is 1. The molecule has 0 saturated carbocycles. The topological polar surface area (TPSA) is 72.2 Å². The van der Waals surface area contributed by atoms with Crippen molar-refractivity contribution in [3.8, 4) is 0 Å². The Morgan fingerprint density at radius 2 is 1.48 bits per heavy atom. The first-order valence-electron chi connectivity index (χ1n) is 10.2. The lowest BCUT2D eigenvalue weighted by Crippen LogP contribution is -2.14. The highest BCUT2D eigenvalue weighted by molar-refractivity contribution is 7.99. The summed E-state index contributed by atoms with van der Waals surface area (Å²) < 4.78 is 0. The average Bonchev–Trinajstić information content (AvgIpc) is 2.85. The molecule has 0 atom stereocenters. The number of carbonyl (C=O) groups is 1. The summed E-state index contributed by atoms with van der Waals surface area (Å²) in [5, 5.41) is 14.2. The predicted molar refractivity (Wildman–Crippen MR) is 133 cm³/mol. The van der Waals surface area contributed by atoms with E-state index in [2.05, 4.69) is 5.32 Å². The third-order valence-corrected chi connectivity index (χ3v) is 5.91. The molecule has 0 bridgehead atoms. The van der Waals surface area contributed by atoms with E-state index in [9.17, 15) is 14.9 Å². The maximum atomic E-state index is 13.4. The standard InChI is InChI=1S/C27H20N2O3S/c30-27(28-25-16-7-8-17-26(25)33-23-14-5-2-6-15-23)24(21-11-3-1-4-12-21)19-20-10-9-13-22(18-20)29(31)32/h1-19H,(H,28,30)/b24-19+. The number of anilines is 1. The quantitative estimate of drug-likeness (QED) is 0.143. The zero-order valence-electron chi connectivity index (χ0n) is 17.5. The van der Waals surface area contributed by atoms with E-state index in [1.54, 1.807) is 30.0 Å². The van der Waals surface area contributed by atoms with Crippen LogP contribution in [0.3, 0.4) is 0 Å². The molecule has 0 aromatic heterocycles. The molecule has 0 spiro atoms. The molecule has 0 aliphatic rings. The molecule has 0 fully saturated rings. The van der Waals surface area contributed by atoms with Crippen LogP contribution in [0, 0.1) is 10.1 Å². The Bertz CT molecular complexity index is 1310. The van der Waals surface area contributed by atoms with Crippen molar-refractivity contribution in [2.75, 3.05) is 5.32 Å². The number of para-hydroxylation sites is 1. The minimum Gasteiger partial charge on any atom is -0.321 e. The summed E-state index contributed by atoms with van der Waals surface area (Å²) in [6.45, 7) is 0. The number of rotatable bonds is 7. The average molecular weight is 453 g/mol. The lowest BCUT2D eigenvalue weighted by atomic mass is 10.0. The van der Waals surface area contributed by atoms with Crippen molar-refractivity contribution in [1.82, 2.24) is 0 Å². The minimum atomic E-state index is -0.448. The van der Waals surface area contributed by atoms with Gasteiger partial charge in [-0.2, -0.15) is 0 Å². The highest BCUT2D eigenvalue weighted by atomic mass is 32.2. The Morgan fingerprint density at radius 1 is 0.818 bits per heavy atom. The maximum absolute atomic E-state index is 13.4. The zero-order valence-corrected chi connectivity index (χ0v) is 18.4. The van der Waals surface area contributed by atoms with E-state index in [0.29, 0.717) is 16.8 Å². The van der Waals surface area contributed by atoms with Crippen LogP contribution in [0.25, 0.3) is 11.6 Å². The van der Waals surface area contributed by atoms with Crippen molar-refractivity contribution < 1.29 is 9.72 Å². The normalized spacial score (nSPS) is 11.1. The van der Waals surface area contributed by atoms with Crippen LogP contribution < -0.4 is 5.32 Å². The number of hydrogen-bond donors (Lipinski definition) is 1. The van der Waals surface area contributed by atoms with E-state index in [4.69, 9.17) is 0 Å². The van der Waals surface area contributed by atoms with Gasteiger partial charge in [-0.1, -0.05) is 84.6 Å². The van der Waals surface area contributed by atoms with Crippen molar-refractivity contribution in [3.05, 3.63) is 130 Å². The van der Waals surface area contributed by atoms with E-state index in [0.717, 1.165) is 15.4 Å². The summed E-state index contributed by atoms with van der Waals surface area (Å²) in [6.07, 6.45) is 1.67. The van der Waals surface area contributed by atoms with Gasteiger partial charge in [0.25, 0.3) is 11.6 Å². The lowest BCUT2D eigenvalue weighted by Gasteiger charge is -2.13. The van der Waals surface area contributed by atoms with Gasteiger partial charge in [0.1, 0.15) is 0 Å². The van der Waals surface area contributed by atoms with Gasteiger partial charge >= 0.3 is 0 Å². The fraction of sp³-hybridized carbons (Fsp3) is 0. The Kier molecular flexibility index (Phi) is 6.97. The fourth-order valence-corrected chi connectivity index (χ4v) is 4.18. The molecule has 4 aromatic carbocycles. The van der Waals surface area contributed by atoms with E-state index < -0.39 is 4.92 Å². The SMILES string of the molecule is O=C(Nc1ccccc1Sc1ccccc1)/C(=C/c1cccc([N+](=O)[O-])c1)c1ccccc1. The minimum absolute atomic E-state index is 0.0267. The van der Waals surface area contributed by atoms with Crippen molar-refractivity contribution in [3.63, 3.8) is 0 Å². The van der Waals surface area contributed by atoms with Gasteiger partial charge in [-0.05, 0) is 41.5 Å². The van der Waals surface area contributed by atoms with Gasteiger partial charge in [0.05, 0.1) is 10.6 Å². The van der Waals surface area contributed by atoms with Crippen molar-refractivity contribution in [2.45, 2.75) is 9.79 Å². The van der Waals surface area contributed by atoms with Crippen LogP contribution in [-0.4, -0.2) is 10.8 Å². The number of benzene rings is 4. The van der Waals surface area contributed by atoms with Crippen LogP contribution >= 0.6 is 11.8 Å². The molecule has 6 heteroatoms. The third-order valence-electron chi connectivity index (χ3n) is 4.83. The number of carbonyl (C=O) groups excluding carboxylic acids is 1. The van der Waals surface area contributed by atoms with Crippen molar-refractivity contribution in [2.24, 2.45) is 0 Å². The summed E-state index contributed by atoms with van der Waals surface area (Å²) in [4.78, 5) is 26.1. The molecule has 162 valence electrons.